The molecule has 0 aliphatic carbocycles. The van der Waals surface area contributed by atoms with Crippen LogP contribution in [0.2, 0.25) is 0 Å². The fourth-order valence-corrected chi connectivity index (χ4v) is 3.71. The molecule has 6 heteroatoms. The van der Waals surface area contributed by atoms with Crippen LogP contribution in [0, 0.1) is 11.8 Å². The maximum atomic E-state index is 11.5. The van der Waals surface area contributed by atoms with Gasteiger partial charge in [-0.3, -0.25) is 4.79 Å². The summed E-state index contributed by atoms with van der Waals surface area (Å²) in [6, 6.07) is 0. The molecule has 0 radical (unpaired) electrons. The van der Waals surface area contributed by atoms with Crippen LogP contribution < -0.4 is 0 Å². The Kier molecular flexibility index (Phi) is 4.32. The first-order valence-corrected chi connectivity index (χ1v) is 7.16. The van der Waals surface area contributed by atoms with Crippen molar-refractivity contribution < 1.29 is 23.1 Å². The second-order valence-corrected chi connectivity index (χ2v) is 6.58. The molecule has 0 saturated carbocycles. The third-order valence-corrected chi connectivity index (χ3v) is 4.82. The zero-order valence-corrected chi connectivity index (χ0v) is 10.4. The SMILES string of the molecule is COC(=O)C(C(C)O)C1CCS(=O)(=O)CC1. The van der Waals surface area contributed by atoms with Gasteiger partial charge in [-0.05, 0) is 25.7 Å². The number of ether oxygens (including phenoxy) is 1. The summed E-state index contributed by atoms with van der Waals surface area (Å²) >= 11 is 0. The summed E-state index contributed by atoms with van der Waals surface area (Å²) in [5, 5.41) is 9.55. The van der Waals surface area contributed by atoms with Crippen LogP contribution in [0.25, 0.3) is 0 Å². The molecule has 0 aromatic carbocycles. The molecule has 0 spiro atoms. The third kappa shape index (κ3) is 3.18. The quantitative estimate of drug-likeness (QED) is 0.712. The minimum atomic E-state index is -2.94. The summed E-state index contributed by atoms with van der Waals surface area (Å²) in [5.41, 5.74) is 0. The number of hydrogen-bond acceptors (Lipinski definition) is 5. The molecule has 1 aliphatic heterocycles. The highest BCUT2D eigenvalue weighted by molar-refractivity contribution is 7.91. The molecule has 1 aliphatic rings. The smallest absolute Gasteiger partial charge is 0.311 e. The van der Waals surface area contributed by atoms with Crippen molar-refractivity contribution in [1.82, 2.24) is 0 Å². The van der Waals surface area contributed by atoms with Gasteiger partial charge in [-0.25, -0.2) is 8.42 Å². The van der Waals surface area contributed by atoms with Crippen LogP contribution >= 0.6 is 0 Å². The van der Waals surface area contributed by atoms with Crippen LogP contribution in [-0.4, -0.2) is 44.2 Å². The highest BCUT2D eigenvalue weighted by Crippen LogP contribution is 2.29. The van der Waals surface area contributed by atoms with Crippen molar-refractivity contribution in [2.75, 3.05) is 18.6 Å². The van der Waals surface area contributed by atoms with Gasteiger partial charge >= 0.3 is 5.97 Å². The summed E-state index contributed by atoms with van der Waals surface area (Å²) in [5.74, 6) is -0.980. The second-order valence-electron chi connectivity index (χ2n) is 4.28. The monoisotopic (exact) mass is 250 g/mol. The number of rotatable bonds is 3. The van der Waals surface area contributed by atoms with Gasteiger partial charge in [0.15, 0.2) is 0 Å². The Morgan fingerprint density at radius 2 is 1.88 bits per heavy atom. The van der Waals surface area contributed by atoms with Crippen molar-refractivity contribution in [3.63, 3.8) is 0 Å². The van der Waals surface area contributed by atoms with Crippen LogP contribution in [0.1, 0.15) is 19.8 Å². The highest BCUT2D eigenvalue weighted by atomic mass is 32.2. The lowest BCUT2D eigenvalue weighted by atomic mass is 9.84. The molecule has 2 unspecified atom stereocenters. The zero-order valence-electron chi connectivity index (χ0n) is 9.55. The molecule has 16 heavy (non-hydrogen) atoms. The molecule has 1 heterocycles. The molecule has 5 nitrogen and oxygen atoms in total. The molecule has 2 atom stereocenters. The van der Waals surface area contributed by atoms with Gasteiger partial charge in [0, 0.05) is 0 Å². The highest BCUT2D eigenvalue weighted by Gasteiger charge is 2.36. The van der Waals surface area contributed by atoms with E-state index in [2.05, 4.69) is 4.74 Å². The minimum absolute atomic E-state index is 0.0951. The van der Waals surface area contributed by atoms with Gasteiger partial charge in [-0.2, -0.15) is 0 Å². The fourth-order valence-electron chi connectivity index (χ4n) is 2.19. The molecular formula is C10H18O5S. The predicted octanol–water partition coefficient (Wildman–Crippen LogP) is -0.0188. The maximum Gasteiger partial charge on any atom is 0.311 e. The van der Waals surface area contributed by atoms with Crippen molar-refractivity contribution in [2.24, 2.45) is 11.8 Å². The van der Waals surface area contributed by atoms with Gasteiger partial charge < -0.3 is 9.84 Å². The van der Waals surface area contributed by atoms with E-state index in [1.807, 2.05) is 0 Å². The van der Waals surface area contributed by atoms with E-state index in [0.29, 0.717) is 12.8 Å². The van der Waals surface area contributed by atoms with E-state index in [1.165, 1.54) is 14.0 Å². The van der Waals surface area contributed by atoms with Gasteiger partial charge in [-0.15, -0.1) is 0 Å². The predicted molar refractivity (Wildman–Crippen MR) is 58.6 cm³/mol. The molecule has 1 N–H and O–H groups in total. The lowest BCUT2D eigenvalue weighted by molar-refractivity contribution is -0.152. The Labute approximate surface area is 95.7 Å². The molecular weight excluding hydrogens is 232 g/mol. The fraction of sp³-hybridized carbons (Fsp3) is 0.900. The zero-order chi connectivity index (χ0) is 12.3. The summed E-state index contributed by atoms with van der Waals surface area (Å²) < 4.78 is 27.1. The van der Waals surface area contributed by atoms with Crippen LogP contribution in [0.15, 0.2) is 0 Å². The van der Waals surface area contributed by atoms with Crippen molar-refractivity contribution in [3.05, 3.63) is 0 Å². The summed E-state index contributed by atoms with van der Waals surface area (Å²) in [7, 11) is -1.67. The van der Waals surface area contributed by atoms with Crippen molar-refractivity contribution in [1.29, 1.82) is 0 Å². The Morgan fingerprint density at radius 1 is 1.38 bits per heavy atom. The Balaban J connectivity index is 2.71. The normalized spacial score (nSPS) is 24.7. The first kappa shape index (κ1) is 13.4. The van der Waals surface area contributed by atoms with Crippen LogP contribution in [0.3, 0.4) is 0 Å². The number of esters is 1. The van der Waals surface area contributed by atoms with E-state index in [4.69, 9.17) is 0 Å². The number of methoxy groups -OCH3 is 1. The van der Waals surface area contributed by atoms with Gasteiger partial charge in [0.1, 0.15) is 9.84 Å². The Hall–Kier alpha value is -0.620. The van der Waals surface area contributed by atoms with Gasteiger partial charge in [0.2, 0.25) is 0 Å². The van der Waals surface area contributed by atoms with Crippen LogP contribution in [0.4, 0.5) is 0 Å². The first-order chi connectivity index (χ1) is 7.37. The molecule has 0 aromatic heterocycles. The standard InChI is InChI=1S/C10H18O5S/c1-7(11)9(10(12)15-2)8-3-5-16(13,14)6-4-8/h7-9,11H,3-6H2,1-2H3. The second kappa shape index (κ2) is 5.14. The van der Waals surface area contributed by atoms with E-state index < -0.39 is 27.8 Å². The van der Waals surface area contributed by atoms with E-state index >= 15 is 0 Å². The van der Waals surface area contributed by atoms with Gasteiger partial charge in [0.05, 0.1) is 30.6 Å². The maximum absolute atomic E-state index is 11.5. The summed E-state index contributed by atoms with van der Waals surface area (Å²) in [4.78, 5) is 11.5. The van der Waals surface area contributed by atoms with E-state index in [0.717, 1.165) is 0 Å². The lowest BCUT2D eigenvalue weighted by Gasteiger charge is -2.29. The Morgan fingerprint density at radius 3 is 2.25 bits per heavy atom. The number of aliphatic hydroxyl groups excluding tert-OH is 1. The van der Waals surface area contributed by atoms with Crippen molar-refractivity contribution >= 4 is 15.8 Å². The molecule has 0 bridgehead atoms. The van der Waals surface area contributed by atoms with Crippen molar-refractivity contribution in [3.8, 4) is 0 Å². The van der Waals surface area contributed by atoms with E-state index in [9.17, 15) is 18.3 Å². The lowest BCUT2D eigenvalue weighted by Crippen LogP contribution is -2.38. The average Bonchev–Trinajstić information content (AvgIpc) is 2.20. The number of sulfone groups is 1. The summed E-state index contributed by atoms with van der Waals surface area (Å²) in [6.07, 6.45) is 0.0401. The Bertz CT molecular complexity index is 332. The number of hydrogen-bond donors (Lipinski definition) is 1. The molecule has 94 valence electrons. The number of carbonyl (C=O) groups excluding carboxylic acids is 1. The summed E-state index contributed by atoms with van der Waals surface area (Å²) in [6.45, 7) is 1.53. The molecule has 1 fully saturated rings. The van der Waals surface area contributed by atoms with Gasteiger partial charge in [0.25, 0.3) is 0 Å². The topological polar surface area (TPSA) is 80.7 Å². The van der Waals surface area contributed by atoms with Gasteiger partial charge in [-0.1, -0.05) is 0 Å². The number of aliphatic hydroxyl groups is 1. The third-order valence-electron chi connectivity index (χ3n) is 3.10. The number of carbonyl (C=O) groups is 1. The molecule has 0 aromatic rings. The van der Waals surface area contributed by atoms with Crippen molar-refractivity contribution in [2.45, 2.75) is 25.9 Å². The molecule has 0 amide bonds. The van der Waals surface area contributed by atoms with Crippen LogP contribution in [-0.2, 0) is 19.4 Å². The average molecular weight is 250 g/mol. The molecule has 1 rings (SSSR count). The minimum Gasteiger partial charge on any atom is -0.469 e. The largest absolute Gasteiger partial charge is 0.469 e. The molecule has 1 saturated heterocycles. The van der Waals surface area contributed by atoms with E-state index in [1.54, 1.807) is 0 Å². The van der Waals surface area contributed by atoms with E-state index in [-0.39, 0.29) is 17.4 Å². The van der Waals surface area contributed by atoms with Crippen LogP contribution in [0.5, 0.6) is 0 Å². The first-order valence-electron chi connectivity index (χ1n) is 5.33.